The van der Waals surface area contributed by atoms with Crippen molar-refractivity contribution in [2.75, 3.05) is 31.5 Å². The summed E-state index contributed by atoms with van der Waals surface area (Å²) < 4.78 is 0. The number of thiophene rings is 1. The molecule has 0 aliphatic carbocycles. The van der Waals surface area contributed by atoms with Gasteiger partial charge in [0.25, 0.3) is 5.91 Å². The van der Waals surface area contributed by atoms with E-state index in [9.17, 15) is 10.1 Å². The molecule has 2 aromatic heterocycles. The zero-order chi connectivity index (χ0) is 26.8. The molecule has 0 bridgehead atoms. The topological polar surface area (TPSA) is 72.3 Å². The lowest BCUT2D eigenvalue weighted by molar-refractivity contribution is 0.0710. The van der Waals surface area contributed by atoms with E-state index in [1.807, 2.05) is 42.5 Å². The molecule has 7 heteroatoms. The van der Waals surface area contributed by atoms with Crippen molar-refractivity contribution in [3.05, 3.63) is 81.5 Å². The fraction of sp³-hybridized carbons (Fsp3) is 0.344. The number of amides is 1. The minimum Gasteiger partial charge on any atom is -0.365 e. The molecule has 2 fully saturated rings. The summed E-state index contributed by atoms with van der Waals surface area (Å²) in [5.74, 6) is 0.816. The maximum absolute atomic E-state index is 14.2. The Labute approximate surface area is 233 Å². The van der Waals surface area contributed by atoms with Crippen molar-refractivity contribution >= 4 is 34.0 Å². The molecule has 2 saturated heterocycles. The minimum atomic E-state index is 0.0939. The van der Waals surface area contributed by atoms with E-state index in [2.05, 4.69) is 45.6 Å². The third-order valence-electron chi connectivity index (χ3n) is 8.09. The van der Waals surface area contributed by atoms with Crippen LogP contribution in [0.4, 0.5) is 5.82 Å². The van der Waals surface area contributed by atoms with Gasteiger partial charge in [-0.2, -0.15) is 5.26 Å². The number of likely N-dealkylation sites (tertiary alicyclic amines) is 2. The Morgan fingerprint density at radius 2 is 1.85 bits per heavy atom. The van der Waals surface area contributed by atoms with Crippen molar-refractivity contribution in [1.29, 1.82) is 5.26 Å². The smallest absolute Gasteiger partial charge is 0.254 e. The molecule has 2 aliphatic rings. The SMILES string of the molecule is Cc1ccsc1CNc1cc(C(=O)N2CCC[C@H]2CN2CCCC2)c2cc(-c3ccc(C#N)cc3)ccc2n1. The number of nitriles is 1. The van der Waals surface area contributed by atoms with Gasteiger partial charge in [-0.1, -0.05) is 18.2 Å². The number of aryl methyl sites for hydroxylation is 1. The lowest BCUT2D eigenvalue weighted by Gasteiger charge is -2.29. The number of aromatic nitrogens is 1. The molecule has 2 aliphatic heterocycles. The highest BCUT2D eigenvalue weighted by molar-refractivity contribution is 7.10. The second-order valence-electron chi connectivity index (χ2n) is 10.7. The van der Waals surface area contributed by atoms with Gasteiger partial charge < -0.3 is 15.1 Å². The number of pyridine rings is 1. The van der Waals surface area contributed by atoms with Gasteiger partial charge in [0.05, 0.1) is 29.3 Å². The number of carbonyl (C=O) groups excluding carboxylic acids is 1. The summed E-state index contributed by atoms with van der Waals surface area (Å²) in [6, 6.07) is 20.2. The monoisotopic (exact) mass is 535 g/mol. The van der Waals surface area contributed by atoms with Gasteiger partial charge in [0.2, 0.25) is 0 Å². The Kier molecular flexibility index (Phi) is 7.32. The van der Waals surface area contributed by atoms with Crippen molar-refractivity contribution in [2.24, 2.45) is 0 Å². The lowest BCUT2D eigenvalue weighted by atomic mass is 9.99. The third-order valence-corrected chi connectivity index (χ3v) is 9.11. The van der Waals surface area contributed by atoms with Crippen molar-refractivity contribution in [2.45, 2.75) is 45.2 Å². The van der Waals surface area contributed by atoms with Crippen LogP contribution in [0.25, 0.3) is 22.0 Å². The molecular weight excluding hydrogens is 502 g/mol. The number of hydrogen-bond donors (Lipinski definition) is 1. The fourth-order valence-electron chi connectivity index (χ4n) is 5.88. The predicted molar refractivity (Wildman–Crippen MR) is 158 cm³/mol. The molecule has 39 heavy (non-hydrogen) atoms. The first-order chi connectivity index (χ1) is 19.1. The Bertz CT molecular complexity index is 1530. The van der Waals surface area contributed by atoms with E-state index < -0.39 is 0 Å². The van der Waals surface area contributed by atoms with Gasteiger partial charge in [0, 0.05) is 29.4 Å². The summed E-state index contributed by atoms with van der Waals surface area (Å²) in [6.07, 6.45) is 4.62. The van der Waals surface area contributed by atoms with E-state index in [4.69, 9.17) is 4.98 Å². The molecule has 0 spiro atoms. The van der Waals surface area contributed by atoms with E-state index in [0.717, 1.165) is 66.9 Å². The number of nitrogens with zero attached hydrogens (tertiary/aromatic N) is 4. The van der Waals surface area contributed by atoms with Gasteiger partial charge in [0.15, 0.2) is 0 Å². The van der Waals surface area contributed by atoms with E-state index in [0.29, 0.717) is 17.7 Å². The second-order valence-corrected chi connectivity index (χ2v) is 11.7. The van der Waals surface area contributed by atoms with Crippen molar-refractivity contribution in [3.63, 3.8) is 0 Å². The Morgan fingerprint density at radius 3 is 2.59 bits per heavy atom. The number of rotatable bonds is 7. The number of nitrogens with one attached hydrogen (secondary N) is 1. The van der Waals surface area contributed by atoms with Gasteiger partial charge in [0.1, 0.15) is 5.82 Å². The summed E-state index contributed by atoms with van der Waals surface area (Å²) in [4.78, 5) is 25.0. The van der Waals surface area contributed by atoms with Crippen LogP contribution in [-0.4, -0.2) is 52.9 Å². The number of carbonyl (C=O) groups is 1. The molecule has 4 heterocycles. The first-order valence-corrected chi connectivity index (χ1v) is 14.7. The largest absolute Gasteiger partial charge is 0.365 e. The zero-order valence-electron chi connectivity index (χ0n) is 22.3. The van der Waals surface area contributed by atoms with Gasteiger partial charge in [-0.05, 0) is 104 Å². The minimum absolute atomic E-state index is 0.0939. The highest BCUT2D eigenvalue weighted by atomic mass is 32.1. The molecule has 1 N–H and O–H groups in total. The highest BCUT2D eigenvalue weighted by Crippen LogP contribution is 2.31. The highest BCUT2D eigenvalue weighted by Gasteiger charge is 2.32. The van der Waals surface area contributed by atoms with Crippen LogP contribution in [0.5, 0.6) is 0 Å². The number of anilines is 1. The maximum Gasteiger partial charge on any atom is 0.254 e. The molecule has 0 radical (unpaired) electrons. The molecule has 6 rings (SSSR count). The van der Waals surface area contributed by atoms with Crippen LogP contribution in [0, 0.1) is 18.3 Å². The molecule has 2 aromatic carbocycles. The molecule has 4 aromatic rings. The molecule has 1 amide bonds. The molecule has 198 valence electrons. The van der Waals surface area contributed by atoms with Crippen LogP contribution in [0.15, 0.2) is 60.0 Å². The van der Waals surface area contributed by atoms with Crippen molar-refractivity contribution in [1.82, 2.24) is 14.8 Å². The molecule has 6 nitrogen and oxygen atoms in total. The van der Waals surface area contributed by atoms with Crippen LogP contribution in [-0.2, 0) is 6.54 Å². The third kappa shape index (κ3) is 5.40. The van der Waals surface area contributed by atoms with Gasteiger partial charge >= 0.3 is 0 Å². The predicted octanol–water partition coefficient (Wildman–Crippen LogP) is 6.46. The van der Waals surface area contributed by atoms with Gasteiger partial charge in [-0.25, -0.2) is 4.98 Å². The Balaban J connectivity index is 1.37. The average molecular weight is 536 g/mol. The normalized spacial score (nSPS) is 17.5. The Hall–Kier alpha value is -3.73. The van der Waals surface area contributed by atoms with E-state index in [1.165, 1.54) is 23.3 Å². The fourth-order valence-corrected chi connectivity index (χ4v) is 6.72. The summed E-state index contributed by atoms with van der Waals surface area (Å²) in [6.45, 7) is 6.85. The van der Waals surface area contributed by atoms with Gasteiger partial charge in [-0.3, -0.25) is 4.79 Å². The van der Waals surface area contributed by atoms with Crippen LogP contribution in [0.3, 0.4) is 0 Å². The summed E-state index contributed by atoms with van der Waals surface area (Å²) in [5.41, 5.74) is 5.42. The van der Waals surface area contributed by atoms with E-state index >= 15 is 0 Å². The number of benzene rings is 2. The quantitative estimate of drug-likeness (QED) is 0.294. The average Bonchev–Trinajstić information content (AvgIpc) is 3.74. The molecular formula is C32H33N5OS. The van der Waals surface area contributed by atoms with Crippen LogP contribution in [0.1, 0.15) is 52.0 Å². The zero-order valence-corrected chi connectivity index (χ0v) is 23.1. The van der Waals surface area contributed by atoms with Crippen LogP contribution >= 0.6 is 11.3 Å². The van der Waals surface area contributed by atoms with E-state index in [1.54, 1.807) is 11.3 Å². The van der Waals surface area contributed by atoms with Crippen LogP contribution in [0.2, 0.25) is 0 Å². The maximum atomic E-state index is 14.2. The van der Waals surface area contributed by atoms with Crippen molar-refractivity contribution < 1.29 is 4.79 Å². The first-order valence-electron chi connectivity index (χ1n) is 13.8. The van der Waals surface area contributed by atoms with E-state index in [-0.39, 0.29) is 11.9 Å². The summed E-state index contributed by atoms with van der Waals surface area (Å²) in [5, 5.41) is 15.6. The standard InChI is InChI=1S/C32H33N5OS/c1-22-12-16-39-30(22)20-34-31-18-28(32(38)37-15-4-5-26(37)21-36-13-2-3-14-36)27-17-25(10-11-29(27)35-31)24-8-6-23(19-33)7-9-24/h6-12,16-18,26H,2-5,13-15,20-21H2,1H3,(H,34,35)/t26-/m0/s1. The lowest BCUT2D eigenvalue weighted by Crippen LogP contribution is -2.42. The van der Waals surface area contributed by atoms with Crippen LogP contribution < -0.4 is 5.32 Å². The number of hydrogen-bond acceptors (Lipinski definition) is 6. The van der Waals surface area contributed by atoms with Crippen molar-refractivity contribution in [3.8, 4) is 17.2 Å². The molecule has 0 unspecified atom stereocenters. The summed E-state index contributed by atoms with van der Waals surface area (Å²) >= 11 is 1.73. The molecule has 0 saturated carbocycles. The Morgan fingerprint density at radius 1 is 1.05 bits per heavy atom. The number of fused-ring (bicyclic) bond motifs is 1. The first kappa shape index (κ1) is 25.5. The summed E-state index contributed by atoms with van der Waals surface area (Å²) in [7, 11) is 0. The van der Waals surface area contributed by atoms with Gasteiger partial charge in [-0.15, -0.1) is 11.3 Å². The second kappa shape index (κ2) is 11.2. The molecule has 1 atom stereocenters.